The Labute approximate surface area is 105 Å². The lowest BCUT2D eigenvalue weighted by atomic mass is 10.1. The minimum atomic E-state index is -0.806. The van der Waals surface area contributed by atoms with Crippen molar-refractivity contribution in [3.63, 3.8) is 0 Å². The Morgan fingerprint density at radius 3 is 2.44 bits per heavy atom. The van der Waals surface area contributed by atoms with Crippen molar-refractivity contribution in [2.45, 2.75) is 25.8 Å². The highest BCUT2D eigenvalue weighted by Crippen LogP contribution is 2.10. The summed E-state index contributed by atoms with van der Waals surface area (Å²) in [7, 11) is 0. The Kier molecular flexibility index (Phi) is 4.50. The van der Waals surface area contributed by atoms with E-state index < -0.39 is 5.54 Å². The maximum absolute atomic E-state index is 11.5. The molecule has 0 spiro atoms. The summed E-state index contributed by atoms with van der Waals surface area (Å²) in [5, 5.41) is 2.81. The van der Waals surface area contributed by atoms with E-state index in [0.717, 1.165) is 10.9 Å². The molecule has 1 aromatic carbocycles. The van der Waals surface area contributed by atoms with Gasteiger partial charge in [-0.15, -0.1) is 0 Å². The minimum Gasteiger partial charge on any atom is -0.354 e. The monoisotopic (exact) mass is 284 g/mol. The zero-order valence-electron chi connectivity index (χ0n) is 9.59. The van der Waals surface area contributed by atoms with Gasteiger partial charge in [0.15, 0.2) is 0 Å². The van der Waals surface area contributed by atoms with Crippen LogP contribution in [0.15, 0.2) is 28.7 Å². The molecule has 0 aliphatic heterocycles. The molecule has 1 rings (SSSR count). The number of carbonyl (C=O) groups excluding carboxylic acids is 1. The van der Waals surface area contributed by atoms with Gasteiger partial charge in [0.25, 0.3) is 0 Å². The topological polar surface area (TPSA) is 55.1 Å². The summed E-state index contributed by atoms with van der Waals surface area (Å²) in [5.74, 6) is -0.121. The van der Waals surface area contributed by atoms with E-state index in [2.05, 4.69) is 21.2 Å². The molecule has 3 nitrogen and oxygen atoms in total. The van der Waals surface area contributed by atoms with Crippen LogP contribution in [0.5, 0.6) is 0 Å². The molecule has 0 saturated carbocycles. The highest BCUT2D eigenvalue weighted by molar-refractivity contribution is 9.10. The van der Waals surface area contributed by atoms with Crippen molar-refractivity contribution in [3.05, 3.63) is 34.3 Å². The van der Waals surface area contributed by atoms with Crippen molar-refractivity contribution in [2.75, 3.05) is 6.54 Å². The second-order valence-corrected chi connectivity index (χ2v) is 5.27. The van der Waals surface area contributed by atoms with Crippen molar-refractivity contribution < 1.29 is 4.79 Å². The van der Waals surface area contributed by atoms with Crippen LogP contribution in [-0.2, 0) is 11.2 Å². The van der Waals surface area contributed by atoms with Crippen LogP contribution in [0.25, 0.3) is 0 Å². The number of rotatable bonds is 4. The number of nitrogens with one attached hydrogen (secondary N) is 1. The molecule has 0 radical (unpaired) electrons. The van der Waals surface area contributed by atoms with E-state index in [1.54, 1.807) is 13.8 Å². The summed E-state index contributed by atoms with van der Waals surface area (Å²) in [5.41, 5.74) is 6.05. The zero-order valence-corrected chi connectivity index (χ0v) is 11.2. The Morgan fingerprint density at radius 1 is 1.38 bits per heavy atom. The molecule has 4 heteroatoms. The molecular weight excluding hydrogens is 268 g/mol. The van der Waals surface area contributed by atoms with Crippen LogP contribution in [0.4, 0.5) is 0 Å². The first-order chi connectivity index (χ1) is 7.39. The van der Waals surface area contributed by atoms with Gasteiger partial charge >= 0.3 is 0 Å². The lowest BCUT2D eigenvalue weighted by Gasteiger charge is -2.17. The average molecular weight is 285 g/mol. The van der Waals surface area contributed by atoms with Crippen LogP contribution in [0, 0.1) is 0 Å². The average Bonchev–Trinajstić information content (AvgIpc) is 2.19. The summed E-state index contributed by atoms with van der Waals surface area (Å²) < 4.78 is 1.06. The number of nitrogens with two attached hydrogens (primary N) is 1. The summed E-state index contributed by atoms with van der Waals surface area (Å²) in [4.78, 5) is 11.5. The standard InChI is InChI=1S/C12H17BrN2O/c1-12(2,14)11(16)15-8-7-9-3-5-10(13)6-4-9/h3-6H,7-8,14H2,1-2H3,(H,15,16). The number of amides is 1. The van der Waals surface area contributed by atoms with Gasteiger partial charge in [-0.3, -0.25) is 4.79 Å². The molecule has 0 aliphatic carbocycles. The van der Waals surface area contributed by atoms with Crippen molar-refractivity contribution in [2.24, 2.45) is 5.73 Å². The zero-order chi connectivity index (χ0) is 12.2. The number of halogens is 1. The molecule has 0 bridgehead atoms. The van der Waals surface area contributed by atoms with E-state index in [4.69, 9.17) is 5.73 Å². The first-order valence-electron chi connectivity index (χ1n) is 5.21. The molecule has 0 aliphatic rings. The third kappa shape index (κ3) is 4.33. The maximum atomic E-state index is 11.5. The summed E-state index contributed by atoms with van der Waals surface area (Å²) in [6.45, 7) is 4.00. The van der Waals surface area contributed by atoms with Gasteiger partial charge in [0.2, 0.25) is 5.91 Å². The van der Waals surface area contributed by atoms with Crippen LogP contribution < -0.4 is 11.1 Å². The van der Waals surface area contributed by atoms with Gasteiger partial charge in [-0.25, -0.2) is 0 Å². The second kappa shape index (κ2) is 5.46. The largest absolute Gasteiger partial charge is 0.354 e. The third-order valence-corrected chi connectivity index (χ3v) is 2.73. The van der Waals surface area contributed by atoms with E-state index in [1.165, 1.54) is 5.56 Å². The van der Waals surface area contributed by atoms with Crippen LogP contribution in [-0.4, -0.2) is 18.0 Å². The second-order valence-electron chi connectivity index (χ2n) is 4.35. The Balaban J connectivity index is 2.36. The highest BCUT2D eigenvalue weighted by Gasteiger charge is 2.20. The Morgan fingerprint density at radius 2 is 1.94 bits per heavy atom. The van der Waals surface area contributed by atoms with Gasteiger partial charge in [0, 0.05) is 11.0 Å². The minimum absolute atomic E-state index is 0.121. The van der Waals surface area contributed by atoms with Crippen LogP contribution in [0.3, 0.4) is 0 Å². The number of carbonyl (C=O) groups is 1. The fourth-order valence-electron chi connectivity index (χ4n) is 1.20. The van der Waals surface area contributed by atoms with Gasteiger partial charge in [0.1, 0.15) is 0 Å². The normalized spacial score (nSPS) is 11.2. The highest BCUT2D eigenvalue weighted by atomic mass is 79.9. The molecule has 1 aromatic rings. The van der Waals surface area contributed by atoms with Crippen LogP contribution in [0.2, 0.25) is 0 Å². The van der Waals surface area contributed by atoms with Gasteiger partial charge in [-0.05, 0) is 38.0 Å². The molecule has 0 unspecified atom stereocenters. The lowest BCUT2D eigenvalue weighted by Crippen LogP contribution is -2.49. The quantitative estimate of drug-likeness (QED) is 0.887. The van der Waals surface area contributed by atoms with E-state index in [0.29, 0.717) is 6.54 Å². The number of hydrogen-bond donors (Lipinski definition) is 2. The summed E-state index contributed by atoms with van der Waals surface area (Å²) >= 11 is 3.38. The van der Waals surface area contributed by atoms with Gasteiger partial charge in [-0.2, -0.15) is 0 Å². The first-order valence-corrected chi connectivity index (χ1v) is 6.00. The molecule has 3 N–H and O–H groups in total. The van der Waals surface area contributed by atoms with Crippen LogP contribution in [0.1, 0.15) is 19.4 Å². The predicted molar refractivity (Wildman–Crippen MR) is 69.1 cm³/mol. The predicted octanol–water partition coefficient (Wildman–Crippen LogP) is 1.85. The van der Waals surface area contributed by atoms with Crippen molar-refractivity contribution in [3.8, 4) is 0 Å². The molecular formula is C12H17BrN2O. The lowest BCUT2D eigenvalue weighted by molar-refractivity contribution is -0.125. The van der Waals surface area contributed by atoms with E-state index in [1.807, 2.05) is 24.3 Å². The SMILES string of the molecule is CC(C)(N)C(=O)NCCc1ccc(Br)cc1. The fourth-order valence-corrected chi connectivity index (χ4v) is 1.46. The van der Waals surface area contributed by atoms with Gasteiger partial charge < -0.3 is 11.1 Å². The Bertz CT molecular complexity index is 354. The molecule has 0 heterocycles. The Hall–Kier alpha value is -0.870. The van der Waals surface area contributed by atoms with Gasteiger partial charge in [-0.1, -0.05) is 28.1 Å². The summed E-state index contributed by atoms with van der Waals surface area (Å²) in [6, 6.07) is 8.04. The molecule has 88 valence electrons. The molecule has 0 atom stereocenters. The van der Waals surface area contributed by atoms with Crippen molar-refractivity contribution >= 4 is 21.8 Å². The van der Waals surface area contributed by atoms with E-state index >= 15 is 0 Å². The fraction of sp³-hybridized carbons (Fsp3) is 0.417. The van der Waals surface area contributed by atoms with Crippen molar-refractivity contribution in [1.82, 2.24) is 5.32 Å². The number of hydrogen-bond acceptors (Lipinski definition) is 2. The third-order valence-electron chi connectivity index (χ3n) is 2.20. The molecule has 0 saturated heterocycles. The van der Waals surface area contributed by atoms with Crippen LogP contribution >= 0.6 is 15.9 Å². The molecule has 0 fully saturated rings. The number of benzene rings is 1. The smallest absolute Gasteiger partial charge is 0.239 e. The van der Waals surface area contributed by atoms with E-state index in [9.17, 15) is 4.79 Å². The summed E-state index contributed by atoms with van der Waals surface area (Å²) in [6.07, 6.45) is 0.815. The van der Waals surface area contributed by atoms with E-state index in [-0.39, 0.29) is 5.91 Å². The molecule has 1 amide bonds. The first kappa shape index (κ1) is 13.2. The van der Waals surface area contributed by atoms with Gasteiger partial charge in [0.05, 0.1) is 5.54 Å². The molecule has 16 heavy (non-hydrogen) atoms. The maximum Gasteiger partial charge on any atom is 0.239 e. The van der Waals surface area contributed by atoms with Crippen molar-refractivity contribution in [1.29, 1.82) is 0 Å². The molecule has 0 aromatic heterocycles.